The van der Waals surface area contributed by atoms with Crippen LogP contribution in [-0.4, -0.2) is 41.5 Å². The number of hydrogen-bond acceptors (Lipinski definition) is 4. The molecule has 1 heterocycles. The summed E-state index contributed by atoms with van der Waals surface area (Å²) in [5.41, 5.74) is -0.631. The van der Waals surface area contributed by atoms with Crippen molar-refractivity contribution in [2.24, 2.45) is 0 Å². The summed E-state index contributed by atoms with van der Waals surface area (Å²) < 4.78 is 5.03. The van der Waals surface area contributed by atoms with Gasteiger partial charge in [-0.15, -0.1) is 0 Å². The molecule has 0 unspecified atom stereocenters. The van der Waals surface area contributed by atoms with Crippen LogP contribution in [0.1, 0.15) is 20.8 Å². The second-order valence-corrected chi connectivity index (χ2v) is 4.31. The molecule has 0 spiro atoms. The van der Waals surface area contributed by atoms with E-state index in [9.17, 15) is 14.4 Å². The highest BCUT2D eigenvalue weighted by Crippen LogP contribution is 2.10. The van der Waals surface area contributed by atoms with Gasteiger partial charge in [-0.2, -0.15) is 0 Å². The summed E-state index contributed by atoms with van der Waals surface area (Å²) in [4.78, 5) is 34.5. The third kappa shape index (κ3) is 3.57. The predicted octanol–water partition coefficient (Wildman–Crippen LogP) is -0.120. The summed E-state index contributed by atoms with van der Waals surface area (Å²) in [6, 6.07) is 0. The zero-order chi connectivity index (χ0) is 11.6. The highest BCUT2D eigenvalue weighted by Gasteiger charge is 2.29. The van der Waals surface area contributed by atoms with Crippen molar-refractivity contribution in [3.05, 3.63) is 0 Å². The highest BCUT2D eigenvalue weighted by molar-refractivity contribution is 6.01. The van der Waals surface area contributed by atoms with Crippen LogP contribution in [0.2, 0.25) is 0 Å². The normalized spacial score (nSPS) is 17.4. The van der Waals surface area contributed by atoms with Gasteiger partial charge in [0, 0.05) is 0 Å². The number of hydrogen-bond donors (Lipinski definition) is 1. The Balaban J connectivity index is 2.60. The average molecular weight is 214 g/mol. The van der Waals surface area contributed by atoms with E-state index in [1.54, 1.807) is 20.8 Å². The number of carbonyl (C=O) groups is 3. The van der Waals surface area contributed by atoms with Crippen LogP contribution in [-0.2, 0) is 14.3 Å². The quantitative estimate of drug-likeness (QED) is 0.570. The third-order valence-corrected chi connectivity index (χ3v) is 1.60. The van der Waals surface area contributed by atoms with Gasteiger partial charge in [0.1, 0.15) is 18.7 Å². The Bertz CT molecular complexity index is 290. The van der Waals surface area contributed by atoms with Gasteiger partial charge in [-0.25, -0.2) is 4.79 Å². The Kier molecular flexibility index (Phi) is 2.97. The van der Waals surface area contributed by atoms with E-state index in [1.807, 2.05) is 0 Å². The summed E-state index contributed by atoms with van der Waals surface area (Å²) >= 11 is 0. The van der Waals surface area contributed by atoms with Crippen molar-refractivity contribution in [3.8, 4) is 0 Å². The maximum absolute atomic E-state index is 11.5. The molecule has 0 aromatic carbocycles. The van der Waals surface area contributed by atoms with Crippen LogP contribution in [0, 0.1) is 0 Å². The molecule has 0 aromatic heterocycles. The first-order chi connectivity index (χ1) is 6.78. The van der Waals surface area contributed by atoms with Crippen molar-refractivity contribution in [1.29, 1.82) is 0 Å². The van der Waals surface area contributed by atoms with Gasteiger partial charge in [-0.1, -0.05) is 0 Å². The Morgan fingerprint density at radius 1 is 1.27 bits per heavy atom. The van der Waals surface area contributed by atoms with E-state index in [1.165, 1.54) is 0 Å². The van der Waals surface area contributed by atoms with E-state index in [-0.39, 0.29) is 13.1 Å². The Hall–Kier alpha value is -1.59. The van der Waals surface area contributed by atoms with Crippen molar-refractivity contribution in [2.75, 3.05) is 13.1 Å². The number of imide groups is 1. The van der Waals surface area contributed by atoms with Crippen LogP contribution in [0.25, 0.3) is 0 Å². The molecule has 1 rings (SSSR count). The van der Waals surface area contributed by atoms with E-state index >= 15 is 0 Å². The van der Waals surface area contributed by atoms with E-state index in [2.05, 4.69) is 5.32 Å². The molecule has 1 aliphatic rings. The summed E-state index contributed by atoms with van der Waals surface area (Å²) in [6.45, 7) is 4.88. The summed E-state index contributed by atoms with van der Waals surface area (Å²) in [7, 11) is 0. The second kappa shape index (κ2) is 3.88. The Morgan fingerprint density at radius 2 is 1.73 bits per heavy atom. The summed E-state index contributed by atoms with van der Waals surface area (Å²) in [6.07, 6.45) is -0.647. The lowest BCUT2D eigenvalue weighted by Gasteiger charge is -2.28. The fourth-order valence-electron chi connectivity index (χ4n) is 1.09. The van der Waals surface area contributed by atoms with Crippen molar-refractivity contribution in [3.63, 3.8) is 0 Å². The molecule has 0 atom stereocenters. The number of amides is 3. The minimum Gasteiger partial charge on any atom is -0.444 e. The maximum Gasteiger partial charge on any atom is 0.411 e. The van der Waals surface area contributed by atoms with E-state index < -0.39 is 23.5 Å². The molecule has 1 N–H and O–H groups in total. The molecule has 6 heteroatoms. The SMILES string of the molecule is CC(C)(C)OC(=O)N1CC(=O)NC(=O)C1. The monoisotopic (exact) mass is 214 g/mol. The summed E-state index contributed by atoms with van der Waals surface area (Å²) in [5.74, 6) is -0.978. The molecule has 0 saturated carbocycles. The van der Waals surface area contributed by atoms with Gasteiger partial charge >= 0.3 is 6.09 Å². The molecule has 3 amide bonds. The minimum atomic E-state index is -0.647. The first kappa shape index (κ1) is 11.5. The molecular formula is C9H14N2O4. The molecule has 6 nitrogen and oxygen atoms in total. The number of carbonyl (C=O) groups excluding carboxylic acids is 3. The largest absolute Gasteiger partial charge is 0.444 e. The fourth-order valence-corrected chi connectivity index (χ4v) is 1.09. The van der Waals surface area contributed by atoms with Gasteiger partial charge in [0.2, 0.25) is 11.8 Å². The molecule has 0 bridgehead atoms. The number of ether oxygens (including phenoxy) is 1. The van der Waals surface area contributed by atoms with Crippen LogP contribution in [0.15, 0.2) is 0 Å². The standard InChI is InChI=1S/C9H14N2O4/c1-9(2,3)15-8(14)11-4-6(12)10-7(13)5-11/h4-5H2,1-3H3,(H,10,12,13). The second-order valence-electron chi connectivity index (χ2n) is 4.31. The number of nitrogens with one attached hydrogen (secondary N) is 1. The molecule has 84 valence electrons. The van der Waals surface area contributed by atoms with Crippen molar-refractivity contribution in [2.45, 2.75) is 26.4 Å². The average Bonchev–Trinajstić information content (AvgIpc) is 1.98. The lowest BCUT2D eigenvalue weighted by Crippen LogP contribution is -2.54. The lowest BCUT2D eigenvalue weighted by atomic mass is 10.2. The zero-order valence-electron chi connectivity index (χ0n) is 8.99. The maximum atomic E-state index is 11.5. The van der Waals surface area contributed by atoms with Crippen molar-refractivity contribution >= 4 is 17.9 Å². The van der Waals surface area contributed by atoms with Crippen LogP contribution in [0.3, 0.4) is 0 Å². The van der Waals surface area contributed by atoms with E-state index in [4.69, 9.17) is 4.74 Å². The molecule has 1 saturated heterocycles. The lowest BCUT2D eigenvalue weighted by molar-refractivity contribution is -0.135. The topological polar surface area (TPSA) is 75.7 Å². The zero-order valence-corrected chi connectivity index (χ0v) is 8.99. The van der Waals surface area contributed by atoms with Gasteiger partial charge in [0.05, 0.1) is 0 Å². The molecule has 0 aliphatic carbocycles. The number of piperazine rings is 1. The first-order valence-corrected chi connectivity index (χ1v) is 4.58. The van der Waals surface area contributed by atoms with Crippen LogP contribution < -0.4 is 5.32 Å². The number of rotatable bonds is 0. The third-order valence-electron chi connectivity index (χ3n) is 1.60. The Labute approximate surface area is 87.6 Å². The fraction of sp³-hybridized carbons (Fsp3) is 0.667. The van der Waals surface area contributed by atoms with E-state index in [0.717, 1.165) is 4.90 Å². The molecule has 1 fully saturated rings. The van der Waals surface area contributed by atoms with Gasteiger partial charge < -0.3 is 4.74 Å². The minimum absolute atomic E-state index is 0.138. The van der Waals surface area contributed by atoms with E-state index in [0.29, 0.717) is 0 Å². The summed E-state index contributed by atoms with van der Waals surface area (Å²) in [5, 5.41) is 2.10. The molecular weight excluding hydrogens is 200 g/mol. The molecule has 0 aromatic rings. The number of nitrogens with zero attached hydrogens (tertiary/aromatic N) is 1. The smallest absolute Gasteiger partial charge is 0.411 e. The van der Waals surface area contributed by atoms with Gasteiger partial charge in [0.25, 0.3) is 0 Å². The van der Waals surface area contributed by atoms with Crippen molar-refractivity contribution in [1.82, 2.24) is 10.2 Å². The van der Waals surface area contributed by atoms with Crippen molar-refractivity contribution < 1.29 is 19.1 Å². The van der Waals surface area contributed by atoms with Crippen LogP contribution in [0.5, 0.6) is 0 Å². The Morgan fingerprint density at radius 3 is 2.13 bits per heavy atom. The first-order valence-electron chi connectivity index (χ1n) is 4.58. The molecule has 0 radical (unpaired) electrons. The van der Waals surface area contributed by atoms with Gasteiger partial charge in [-0.05, 0) is 20.8 Å². The van der Waals surface area contributed by atoms with Crippen LogP contribution in [0.4, 0.5) is 4.79 Å². The predicted molar refractivity (Wildman–Crippen MR) is 51.0 cm³/mol. The van der Waals surface area contributed by atoms with Crippen LogP contribution >= 0.6 is 0 Å². The molecule has 1 aliphatic heterocycles. The molecule has 15 heavy (non-hydrogen) atoms. The van der Waals surface area contributed by atoms with Gasteiger partial charge in [-0.3, -0.25) is 19.8 Å². The highest BCUT2D eigenvalue weighted by atomic mass is 16.6. The van der Waals surface area contributed by atoms with Gasteiger partial charge in [0.15, 0.2) is 0 Å².